The molecule has 1 fully saturated rings. The molecule has 1 amide bonds. The first-order valence-electron chi connectivity index (χ1n) is 8.66. The van der Waals surface area contributed by atoms with E-state index in [0.717, 1.165) is 36.3 Å². The summed E-state index contributed by atoms with van der Waals surface area (Å²) >= 11 is 0. The van der Waals surface area contributed by atoms with Crippen molar-refractivity contribution in [2.45, 2.75) is 18.9 Å². The van der Waals surface area contributed by atoms with Crippen LogP contribution in [-0.2, 0) is 0 Å². The number of carbonyl (C=O) groups is 1. The first-order valence-corrected chi connectivity index (χ1v) is 8.66. The van der Waals surface area contributed by atoms with Gasteiger partial charge in [0.25, 0.3) is 5.91 Å². The number of pyridine rings is 1. The van der Waals surface area contributed by atoms with Crippen LogP contribution in [0.15, 0.2) is 55.0 Å². The van der Waals surface area contributed by atoms with Crippen LogP contribution >= 0.6 is 0 Å². The highest BCUT2D eigenvalue weighted by Gasteiger charge is 2.32. The van der Waals surface area contributed by atoms with Gasteiger partial charge in [0, 0.05) is 24.5 Å². The number of benzene rings is 1. The van der Waals surface area contributed by atoms with Gasteiger partial charge in [-0.15, -0.1) is 0 Å². The molecule has 0 bridgehead atoms. The molecule has 1 aliphatic heterocycles. The van der Waals surface area contributed by atoms with Crippen LogP contribution in [0.5, 0.6) is 5.75 Å². The minimum absolute atomic E-state index is 0.0112. The summed E-state index contributed by atoms with van der Waals surface area (Å²) in [7, 11) is 1.63. The number of aromatic nitrogens is 3. The summed E-state index contributed by atoms with van der Waals surface area (Å²) in [6.45, 7) is 0.737. The standard InChI is InChI=1S/C20H20N4O2/c1-26-16-7-2-5-14(11-16)19-17(13-22-23-19)20(25)24-10-4-8-18(24)15-6-3-9-21-12-15/h2-3,5-7,9,11-13,18H,4,8,10H2,1H3,(H,22,23). The molecule has 2 aromatic heterocycles. The average Bonchev–Trinajstić information content (AvgIpc) is 3.38. The fraction of sp³-hybridized carbons (Fsp3) is 0.250. The third kappa shape index (κ3) is 2.94. The normalized spacial score (nSPS) is 16.7. The predicted molar refractivity (Wildman–Crippen MR) is 97.8 cm³/mol. The molecule has 6 nitrogen and oxygen atoms in total. The summed E-state index contributed by atoms with van der Waals surface area (Å²) in [5.41, 5.74) is 3.24. The van der Waals surface area contributed by atoms with Crippen molar-refractivity contribution in [3.05, 3.63) is 66.1 Å². The van der Waals surface area contributed by atoms with Crippen molar-refractivity contribution in [2.75, 3.05) is 13.7 Å². The monoisotopic (exact) mass is 348 g/mol. The number of hydrogen-bond donors (Lipinski definition) is 1. The van der Waals surface area contributed by atoms with E-state index >= 15 is 0 Å². The van der Waals surface area contributed by atoms with Crippen molar-refractivity contribution in [1.29, 1.82) is 0 Å². The van der Waals surface area contributed by atoms with E-state index in [9.17, 15) is 4.79 Å². The number of amides is 1. The molecule has 0 aliphatic carbocycles. The Kier molecular flexibility index (Phi) is 4.39. The second kappa shape index (κ2) is 7.00. The molecule has 1 atom stereocenters. The lowest BCUT2D eigenvalue weighted by Gasteiger charge is -2.24. The number of H-pyrrole nitrogens is 1. The fourth-order valence-electron chi connectivity index (χ4n) is 3.53. The number of nitrogens with zero attached hydrogens (tertiary/aromatic N) is 3. The Morgan fingerprint density at radius 3 is 3.00 bits per heavy atom. The van der Waals surface area contributed by atoms with Gasteiger partial charge in [-0.1, -0.05) is 18.2 Å². The highest BCUT2D eigenvalue weighted by atomic mass is 16.5. The SMILES string of the molecule is COc1cccc(-c2[nH]ncc2C(=O)N2CCCC2c2cccnc2)c1. The minimum Gasteiger partial charge on any atom is -0.497 e. The molecule has 1 unspecified atom stereocenters. The molecular formula is C20H20N4O2. The van der Waals surface area contributed by atoms with E-state index < -0.39 is 0 Å². The van der Waals surface area contributed by atoms with Crippen LogP contribution in [0.1, 0.15) is 34.8 Å². The summed E-state index contributed by atoms with van der Waals surface area (Å²) < 4.78 is 5.29. The summed E-state index contributed by atoms with van der Waals surface area (Å²) in [6.07, 6.45) is 7.13. The Morgan fingerprint density at radius 1 is 1.27 bits per heavy atom. The quantitative estimate of drug-likeness (QED) is 0.784. The summed E-state index contributed by atoms with van der Waals surface area (Å²) in [6, 6.07) is 11.6. The van der Waals surface area contributed by atoms with Crippen LogP contribution in [0.2, 0.25) is 0 Å². The van der Waals surface area contributed by atoms with Gasteiger partial charge in [-0.25, -0.2) is 0 Å². The van der Waals surface area contributed by atoms with Gasteiger partial charge in [-0.05, 0) is 36.6 Å². The van der Waals surface area contributed by atoms with E-state index in [-0.39, 0.29) is 11.9 Å². The largest absolute Gasteiger partial charge is 0.497 e. The first-order chi connectivity index (χ1) is 12.8. The molecule has 1 aliphatic rings. The van der Waals surface area contributed by atoms with E-state index in [0.29, 0.717) is 11.3 Å². The Bertz CT molecular complexity index is 907. The highest BCUT2D eigenvalue weighted by molar-refractivity contribution is 6.00. The molecule has 0 radical (unpaired) electrons. The molecule has 132 valence electrons. The van der Waals surface area contributed by atoms with Crippen LogP contribution in [0.3, 0.4) is 0 Å². The van der Waals surface area contributed by atoms with Gasteiger partial charge >= 0.3 is 0 Å². The zero-order valence-corrected chi connectivity index (χ0v) is 14.6. The molecular weight excluding hydrogens is 328 g/mol. The number of nitrogens with one attached hydrogen (secondary N) is 1. The molecule has 1 aromatic carbocycles. The average molecular weight is 348 g/mol. The van der Waals surface area contributed by atoms with Gasteiger partial charge in [0.2, 0.25) is 0 Å². The lowest BCUT2D eigenvalue weighted by Crippen LogP contribution is -2.30. The van der Waals surface area contributed by atoms with Gasteiger partial charge < -0.3 is 9.64 Å². The van der Waals surface area contributed by atoms with Crippen LogP contribution in [-0.4, -0.2) is 39.6 Å². The van der Waals surface area contributed by atoms with Crippen LogP contribution < -0.4 is 4.74 Å². The van der Waals surface area contributed by atoms with Crippen molar-refractivity contribution in [3.8, 4) is 17.0 Å². The number of likely N-dealkylation sites (tertiary alicyclic amines) is 1. The molecule has 0 saturated carbocycles. The van der Waals surface area contributed by atoms with Gasteiger partial charge in [0.15, 0.2) is 0 Å². The Morgan fingerprint density at radius 2 is 2.19 bits per heavy atom. The topological polar surface area (TPSA) is 71.1 Å². The Balaban J connectivity index is 1.66. The highest BCUT2D eigenvalue weighted by Crippen LogP contribution is 2.34. The summed E-state index contributed by atoms with van der Waals surface area (Å²) in [5, 5.41) is 7.09. The van der Waals surface area contributed by atoms with E-state index in [1.807, 2.05) is 47.5 Å². The summed E-state index contributed by atoms with van der Waals surface area (Å²) in [5.74, 6) is 0.729. The van der Waals surface area contributed by atoms with Gasteiger partial charge in [0.05, 0.1) is 30.6 Å². The third-order valence-corrected chi connectivity index (χ3v) is 4.81. The maximum Gasteiger partial charge on any atom is 0.258 e. The zero-order valence-electron chi connectivity index (χ0n) is 14.6. The molecule has 4 rings (SSSR count). The number of hydrogen-bond acceptors (Lipinski definition) is 4. The van der Waals surface area contributed by atoms with E-state index in [1.54, 1.807) is 19.5 Å². The molecule has 1 N–H and O–H groups in total. The van der Waals surface area contributed by atoms with Crippen LogP contribution in [0.25, 0.3) is 11.3 Å². The zero-order chi connectivity index (χ0) is 17.9. The molecule has 3 heterocycles. The van der Waals surface area contributed by atoms with Gasteiger partial charge in [0.1, 0.15) is 5.75 Å². The number of aromatic amines is 1. The van der Waals surface area contributed by atoms with E-state index in [2.05, 4.69) is 15.2 Å². The molecule has 6 heteroatoms. The van der Waals surface area contributed by atoms with Gasteiger partial charge in [-0.3, -0.25) is 14.9 Å². The van der Waals surface area contributed by atoms with Crippen LogP contribution in [0.4, 0.5) is 0 Å². The lowest BCUT2D eigenvalue weighted by molar-refractivity contribution is 0.0736. The number of ether oxygens (including phenoxy) is 1. The fourth-order valence-corrected chi connectivity index (χ4v) is 3.53. The third-order valence-electron chi connectivity index (χ3n) is 4.81. The lowest BCUT2D eigenvalue weighted by atomic mass is 10.0. The molecule has 26 heavy (non-hydrogen) atoms. The Labute approximate surface area is 151 Å². The number of rotatable bonds is 4. The van der Waals surface area contributed by atoms with Crippen molar-refractivity contribution >= 4 is 5.91 Å². The summed E-state index contributed by atoms with van der Waals surface area (Å²) in [4.78, 5) is 19.4. The molecule has 3 aromatic rings. The van der Waals surface area contributed by atoms with E-state index in [4.69, 9.17) is 4.74 Å². The van der Waals surface area contributed by atoms with Crippen molar-refractivity contribution in [3.63, 3.8) is 0 Å². The first kappa shape index (κ1) is 16.3. The smallest absolute Gasteiger partial charge is 0.258 e. The number of carbonyl (C=O) groups excluding carboxylic acids is 1. The van der Waals surface area contributed by atoms with Crippen molar-refractivity contribution in [1.82, 2.24) is 20.1 Å². The number of methoxy groups -OCH3 is 1. The van der Waals surface area contributed by atoms with Crippen LogP contribution in [0, 0.1) is 0 Å². The minimum atomic E-state index is -0.0112. The Hall–Kier alpha value is -3.15. The second-order valence-electron chi connectivity index (χ2n) is 6.33. The van der Waals surface area contributed by atoms with Crippen molar-refractivity contribution < 1.29 is 9.53 Å². The van der Waals surface area contributed by atoms with E-state index in [1.165, 1.54) is 0 Å². The second-order valence-corrected chi connectivity index (χ2v) is 6.33. The molecule has 0 spiro atoms. The maximum absolute atomic E-state index is 13.3. The van der Waals surface area contributed by atoms with Crippen molar-refractivity contribution in [2.24, 2.45) is 0 Å². The predicted octanol–water partition coefficient (Wildman–Crippen LogP) is 3.46. The van der Waals surface area contributed by atoms with Gasteiger partial charge in [-0.2, -0.15) is 5.10 Å². The maximum atomic E-state index is 13.3. The molecule has 1 saturated heterocycles.